The molecule has 0 bridgehead atoms. The highest BCUT2D eigenvalue weighted by Gasteiger charge is 2.28. The van der Waals surface area contributed by atoms with Crippen LogP contribution in [0, 0.1) is 24.2 Å². The SMILES string of the molecule is C#CC#Cc1ccc(C2=CN=C([C@@H]3CCCN3C)C2)s1. The Morgan fingerprint density at radius 3 is 3.10 bits per heavy atom. The van der Waals surface area contributed by atoms with Gasteiger partial charge in [0.15, 0.2) is 0 Å². The maximum atomic E-state index is 5.15. The molecule has 0 radical (unpaired) electrons. The molecule has 1 atom stereocenters. The van der Waals surface area contributed by atoms with Gasteiger partial charge in [0, 0.05) is 29.3 Å². The first-order chi connectivity index (χ1) is 9.78. The van der Waals surface area contributed by atoms with Crippen LogP contribution < -0.4 is 0 Å². The normalized spacial score (nSPS) is 21.9. The van der Waals surface area contributed by atoms with E-state index in [1.807, 2.05) is 12.3 Å². The molecule has 0 spiro atoms. The van der Waals surface area contributed by atoms with E-state index in [2.05, 4.69) is 40.8 Å². The Kier molecular flexibility index (Phi) is 3.74. The number of likely N-dealkylation sites (tertiary alicyclic amines) is 1. The number of hydrogen-bond donors (Lipinski definition) is 0. The first-order valence-corrected chi connectivity index (χ1v) is 7.62. The molecule has 3 heteroatoms. The minimum absolute atomic E-state index is 0.532. The van der Waals surface area contributed by atoms with E-state index < -0.39 is 0 Å². The van der Waals surface area contributed by atoms with Crippen LogP contribution in [0.1, 0.15) is 29.0 Å². The van der Waals surface area contributed by atoms with Crippen molar-refractivity contribution in [2.75, 3.05) is 13.6 Å². The number of aliphatic imine (C=N–C) groups is 1. The zero-order valence-corrected chi connectivity index (χ0v) is 12.3. The van der Waals surface area contributed by atoms with Crippen molar-refractivity contribution in [1.29, 1.82) is 0 Å². The third-order valence-corrected chi connectivity index (χ3v) is 4.92. The summed E-state index contributed by atoms with van der Waals surface area (Å²) < 4.78 is 0. The van der Waals surface area contributed by atoms with Gasteiger partial charge in [-0.2, -0.15) is 0 Å². The molecular weight excluding hydrogens is 264 g/mol. The van der Waals surface area contributed by atoms with Crippen molar-refractivity contribution >= 4 is 22.6 Å². The van der Waals surface area contributed by atoms with Gasteiger partial charge in [-0.15, -0.1) is 17.8 Å². The average Bonchev–Trinajstić information content (AvgIpc) is 3.15. The Bertz CT molecular complexity index is 676. The summed E-state index contributed by atoms with van der Waals surface area (Å²) in [4.78, 5) is 9.33. The van der Waals surface area contributed by atoms with Crippen LogP contribution in [0.5, 0.6) is 0 Å². The molecule has 0 unspecified atom stereocenters. The number of rotatable bonds is 2. The second-order valence-electron chi connectivity index (χ2n) is 5.15. The molecule has 2 aliphatic heterocycles. The van der Waals surface area contributed by atoms with E-state index in [1.165, 1.54) is 35.5 Å². The van der Waals surface area contributed by atoms with Crippen molar-refractivity contribution in [3.05, 3.63) is 28.1 Å². The van der Waals surface area contributed by atoms with E-state index in [9.17, 15) is 0 Å². The highest BCUT2D eigenvalue weighted by molar-refractivity contribution is 7.13. The molecule has 0 amide bonds. The van der Waals surface area contributed by atoms with Crippen LogP contribution in [-0.4, -0.2) is 30.2 Å². The highest BCUT2D eigenvalue weighted by Crippen LogP contribution is 2.32. The molecule has 1 fully saturated rings. The van der Waals surface area contributed by atoms with Crippen molar-refractivity contribution < 1.29 is 0 Å². The quantitative estimate of drug-likeness (QED) is 0.760. The summed E-state index contributed by atoms with van der Waals surface area (Å²) >= 11 is 1.69. The Morgan fingerprint density at radius 1 is 1.45 bits per heavy atom. The molecule has 0 saturated carbocycles. The van der Waals surface area contributed by atoms with Crippen LogP contribution in [0.25, 0.3) is 5.57 Å². The van der Waals surface area contributed by atoms with Gasteiger partial charge in [0.1, 0.15) is 0 Å². The lowest BCUT2D eigenvalue weighted by atomic mass is 10.0. The van der Waals surface area contributed by atoms with Gasteiger partial charge < -0.3 is 0 Å². The minimum atomic E-state index is 0.532. The molecule has 0 aliphatic carbocycles. The fraction of sp³-hybridized carbons (Fsp3) is 0.353. The fourth-order valence-electron chi connectivity index (χ4n) is 2.81. The number of thiophene rings is 1. The Morgan fingerprint density at radius 2 is 2.35 bits per heavy atom. The smallest absolute Gasteiger partial charge is 0.0785 e. The van der Waals surface area contributed by atoms with E-state index >= 15 is 0 Å². The zero-order chi connectivity index (χ0) is 13.9. The predicted octanol–water partition coefficient (Wildman–Crippen LogP) is 3.01. The van der Waals surface area contributed by atoms with E-state index in [0.29, 0.717) is 6.04 Å². The Hall–Kier alpha value is -1.81. The third-order valence-electron chi connectivity index (χ3n) is 3.84. The number of terminal acetylenes is 1. The van der Waals surface area contributed by atoms with Crippen molar-refractivity contribution in [1.82, 2.24) is 4.90 Å². The molecule has 3 heterocycles. The first-order valence-electron chi connectivity index (χ1n) is 6.80. The largest absolute Gasteiger partial charge is 0.298 e. The lowest BCUT2D eigenvalue weighted by molar-refractivity contribution is 0.371. The molecule has 100 valence electrons. The summed E-state index contributed by atoms with van der Waals surface area (Å²) in [5.74, 6) is 7.98. The molecule has 1 saturated heterocycles. The number of nitrogens with zero attached hydrogens (tertiary/aromatic N) is 2. The summed E-state index contributed by atoms with van der Waals surface area (Å²) in [5, 5.41) is 0. The molecule has 2 nitrogen and oxygen atoms in total. The van der Waals surface area contributed by atoms with Gasteiger partial charge in [0.2, 0.25) is 0 Å². The fourth-order valence-corrected chi connectivity index (χ4v) is 3.68. The monoisotopic (exact) mass is 280 g/mol. The van der Waals surface area contributed by atoms with Crippen LogP contribution >= 0.6 is 11.3 Å². The summed E-state index contributed by atoms with van der Waals surface area (Å²) in [6.45, 7) is 1.18. The molecular formula is C17H16N2S. The van der Waals surface area contributed by atoms with Crippen molar-refractivity contribution in [3.8, 4) is 24.2 Å². The second-order valence-corrected chi connectivity index (χ2v) is 6.23. The van der Waals surface area contributed by atoms with Gasteiger partial charge in [0.25, 0.3) is 0 Å². The van der Waals surface area contributed by atoms with E-state index in [-0.39, 0.29) is 0 Å². The van der Waals surface area contributed by atoms with Crippen LogP contribution in [0.4, 0.5) is 0 Å². The van der Waals surface area contributed by atoms with E-state index in [4.69, 9.17) is 6.42 Å². The maximum absolute atomic E-state index is 5.15. The van der Waals surface area contributed by atoms with Gasteiger partial charge in [-0.25, -0.2) is 0 Å². The molecule has 3 rings (SSSR count). The standard InChI is InChI=1S/C17H16N2S/c1-3-4-6-14-8-9-17(20-14)13-11-15(18-12-13)16-7-5-10-19(16)2/h1,8-9,12,16H,5,7,10-11H2,2H3/t16-/m0/s1. The topological polar surface area (TPSA) is 15.6 Å². The Balaban J connectivity index is 1.69. The van der Waals surface area contributed by atoms with E-state index in [0.717, 1.165) is 11.3 Å². The van der Waals surface area contributed by atoms with Crippen molar-refractivity contribution in [2.24, 2.45) is 4.99 Å². The minimum Gasteiger partial charge on any atom is -0.298 e. The molecule has 1 aromatic heterocycles. The van der Waals surface area contributed by atoms with Crippen LogP contribution in [0.15, 0.2) is 23.3 Å². The van der Waals surface area contributed by atoms with Gasteiger partial charge >= 0.3 is 0 Å². The summed E-state index contributed by atoms with van der Waals surface area (Å²) in [6.07, 6.45) is 10.7. The predicted molar refractivity (Wildman–Crippen MR) is 85.7 cm³/mol. The summed E-state index contributed by atoms with van der Waals surface area (Å²) in [7, 11) is 2.19. The van der Waals surface area contributed by atoms with Crippen LogP contribution in [-0.2, 0) is 0 Å². The molecule has 0 N–H and O–H groups in total. The lowest BCUT2D eigenvalue weighted by Gasteiger charge is -2.19. The average molecular weight is 280 g/mol. The molecule has 1 aromatic rings. The molecule has 0 aromatic carbocycles. The van der Waals surface area contributed by atoms with Crippen LogP contribution in [0.2, 0.25) is 0 Å². The maximum Gasteiger partial charge on any atom is 0.0785 e. The summed E-state index contributed by atoms with van der Waals surface area (Å²) in [5.41, 5.74) is 2.61. The van der Waals surface area contributed by atoms with Gasteiger partial charge in [-0.1, -0.05) is 0 Å². The highest BCUT2D eigenvalue weighted by atomic mass is 32.1. The third kappa shape index (κ3) is 2.56. The Labute approximate surface area is 124 Å². The molecule has 20 heavy (non-hydrogen) atoms. The number of allylic oxidation sites excluding steroid dienone is 1. The van der Waals surface area contributed by atoms with Crippen LogP contribution in [0.3, 0.4) is 0 Å². The lowest BCUT2D eigenvalue weighted by Crippen LogP contribution is -2.32. The van der Waals surface area contributed by atoms with Gasteiger partial charge in [-0.05, 0) is 61.9 Å². The van der Waals surface area contributed by atoms with Gasteiger partial charge in [-0.3, -0.25) is 9.89 Å². The van der Waals surface area contributed by atoms with Crippen molar-refractivity contribution in [3.63, 3.8) is 0 Å². The van der Waals surface area contributed by atoms with Crippen molar-refractivity contribution in [2.45, 2.75) is 25.3 Å². The summed E-state index contributed by atoms with van der Waals surface area (Å²) in [6, 6.07) is 4.68. The zero-order valence-electron chi connectivity index (χ0n) is 11.5. The number of hydrogen-bond acceptors (Lipinski definition) is 3. The van der Waals surface area contributed by atoms with Gasteiger partial charge in [0.05, 0.1) is 4.88 Å². The second kappa shape index (κ2) is 5.67. The first kappa shape index (κ1) is 13.2. The molecule has 2 aliphatic rings. The van der Waals surface area contributed by atoms with E-state index in [1.54, 1.807) is 11.3 Å².